The Morgan fingerprint density at radius 3 is 2.88 bits per heavy atom. The van der Waals surface area contributed by atoms with Gasteiger partial charge in [0, 0.05) is 31.8 Å². The van der Waals surface area contributed by atoms with Crippen LogP contribution in [0.3, 0.4) is 0 Å². The largest absolute Gasteiger partial charge is 0.467 e. The zero-order valence-corrected chi connectivity index (χ0v) is 17.8. The molecule has 4 rings (SSSR count). The molecule has 0 saturated carbocycles. The van der Waals surface area contributed by atoms with Crippen LogP contribution in [-0.4, -0.2) is 74.5 Å². The Balaban J connectivity index is 1.78. The zero-order valence-electron chi connectivity index (χ0n) is 17.8. The summed E-state index contributed by atoms with van der Waals surface area (Å²) < 4.78 is 11.7. The summed E-state index contributed by atoms with van der Waals surface area (Å²) in [5, 5.41) is 15.3. The Morgan fingerprint density at radius 2 is 2.19 bits per heavy atom. The van der Waals surface area contributed by atoms with Crippen molar-refractivity contribution in [2.45, 2.75) is 18.9 Å². The molecular formula is C22H21N5O5. The molecule has 0 spiro atoms. The van der Waals surface area contributed by atoms with E-state index in [1.807, 2.05) is 0 Å². The molecule has 1 fully saturated rings. The number of rotatable bonds is 4. The van der Waals surface area contributed by atoms with Crippen molar-refractivity contribution in [3.8, 4) is 23.5 Å². The molecule has 1 N–H and O–H groups in total. The molecule has 1 unspecified atom stereocenters. The van der Waals surface area contributed by atoms with Crippen molar-refractivity contribution in [1.29, 1.82) is 0 Å². The number of nitrogens with zero attached hydrogens (tertiary/aromatic N) is 5. The second kappa shape index (κ2) is 8.28. The number of esters is 1. The van der Waals surface area contributed by atoms with E-state index in [-0.39, 0.29) is 24.7 Å². The molecule has 1 aromatic carbocycles. The van der Waals surface area contributed by atoms with Crippen LogP contribution in [0.25, 0.3) is 16.7 Å². The average Bonchev–Trinajstić information content (AvgIpc) is 3.31. The van der Waals surface area contributed by atoms with Crippen LogP contribution in [0.1, 0.15) is 29.4 Å². The number of hydrogen-bond acceptors (Lipinski definition) is 8. The van der Waals surface area contributed by atoms with Gasteiger partial charge >= 0.3 is 12.0 Å². The van der Waals surface area contributed by atoms with Crippen LogP contribution < -0.4 is 4.74 Å². The number of amides is 1. The molecule has 1 aliphatic rings. The lowest BCUT2D eigenvalue weighted by atomic mass is 10.0. The van der Waals surface area contributed by atoms with Crippen molar-refractivity contribution in [2.75, 3.05) is 27.3 Å². The second-order valence-electron chi connectivity index (χ2n) is 7.21. The fraction of sp³-hybridized carbons (Fsp3) is 0.318. The lowest BCUT2D eigenvalue weighted by molar-refractivity contribution is -0.137. The van der Waals surface area contributed by atoms with Gasteiger partial charge in [0.05, 0.1) is 24.8 Å². The van der Waals surface area contributed by atoms with E-state index in [9.17, 15) is 14.7 Å². The molecule has 0 bridgehead atoms. The van der Waals surface area contributed by atoms with Crippen LogP contribution in [0.2, 0.25) is 0 Å². The van der Waals surface area contributed by atoms with Gasteiger partial charge in [-0.25, -0.2) is 14.5 Å². The predicted octanol–water partition coefficient (Wildman–Crippen LogP) is 0.945. The number of ether oxygens (including phenoxy) is 2. The van der Waals surface area contributed by atoms with Gasteiger partial charge in [0.15, 0.2) is 11.3 Å². The number of fused-ring (bicyclic) bond motifs is 1. The maximum Gasteiger partial charge on any atom is 0.359 e. The van der Waals surface area contributed by atoms with Crippen LogP contribution in [0.5, 0.6) is 6.01 Å². The van der Waals surface area contributed by atoms with Crippen LogP contribution in [0, 0.1) is 11.8 Å². The molecule has 32 heavy (non-hydrogen) atoms. The average molecular weight is 435 g/mol. The Hall–Kier alpha value is -3.97. The molecule has 164 valence electrons. The van der Waals surface area contributed by atoms with Gasteiger partial charge in [-0.15, -0.1) is 0 Å². The van der Waals surface area contributed by atoms with E-state index in [1.165, 1.54) is 22.9 Å². The number of aliphatic hydroxyl groups is 1. The maximum absolute atomic E-state index is 12.4. The maximum atomic E-state index is 12.4. The molecule has 2 aromatic heterocycles. The summed E-state index contributed by atoms with van der Waals surface area (Å²) in [5.74, 6) is 4.56. The number of hydrogen-bond donors (Lipinski definition) is 1. The van der Waals surface area contributed by atoms with Gasteiger partial charge in [-0.2, -0.15) is 10.1 Å². The predicted molar refractivity (Wildman–Crippen MR) is 113 cm³/mol. The fourth-order valence-electron chi connectivity index (χ4n) is 3.38. The number of likely N-dealkylation sites (N-methyl/N-ethyl adjacent to an activating group) is 1. The molecular weight excluding hydrogens is 414 g/mol. The molecule has 10 nitrogen and oxygen atoms in total. The topological polar surface area (TPSA) is 120 Å². The van der Waals surface area contributed by atoms with E-state index in [1.54, 1.807) is 38.2 Å². The molecule has 1 amide bonds. The van der Waals surface area contributed by atoms with Crippen molar-refractivity contribution in [1.82, 2.24) is 24.6 Å². The van der Waals surface area contributed by atoms with Crippen LogP contribution in [0.4, 0.5) is 0 Å². The highest BCUT2D eigenvalue weighted by atomic mass is 16.5. The summed E-state index contributed by atoms with van der Waals surface area (Å²) in [5.41, 5.74) is -0.132. The van der Waals surface area contributed by atoms with Crippen LogP contribution >= 0.6 is 0 Å². The van der Waals surface area contributed by atoms with Crippen molar-refractivity contribution in [2.24, 2.45) is 0 Å². The highest BCUT2D eigenvalue weighted by molar-refractivity contribution is 6.01. The highest BCUT2D eigenvalue weighted by Gasteiger charge is 2.42. The first-order chi connectivity index (χ1) is 15.4. The molecule has 3 aromatic rings. The van der Waals surface area contributed by atoms with E-state index >= 15 is 0 Å². The van der Waals surface area contributed by atoms with Gasteiger partial charge in [-0.3, -0.25) is 4.79 Å². The Bertz CT molecular complexity index is 1270. The third-order valence-corrected chi connectivity index (χ3v) is 5.07. The quantitative estimate of drug-likeness (QED) is 0.475. The van der Waals surface area contributed by atoms with Gasteiger partial charge in [-0.1, -0.05) is 17.9 Å². The normalized spacial score (nSPS) is 17.9. The van der Waals surface area contributed by atoms with Gasteiger partial charge in [0.1, 0.15) is 0 Å². The van der Waals surface area contributed by atoms with E-state index in [0.29, 0.717) is 28.8 Å². The first-order valence-electron chi connectivity index (χ1n) is 9.94. The third kappa shape index (κ3) is 3.74. The van der Waals surface area contributed by atoms with E-state index in [2.05, 4.69) is 26.9 Å². The molecule has 0 aliphatic carbocycles. The number of aromatic nitrogens is 4. The van der Waals surface area contributed by atoms with Crippen LogP contribution in [0.15, 0.2) is 30.5 Å². The molecule has 0 radical (unpaired) electrons. The van der Waals surface area contributed by atoms with Gasteiger partial charge in [-0.05, 0) is 25.1 Å². The summed E-state index contributed by atoms with van der Waals surface area (Å²) in [6.07, 6.45) is 1.71. The first kappa shape index (κ1) is 21.3. The summed E-state index contributed by atoms with van der Waals surface area (Å²) in [4.78, 5) is 34.4. The molecule has 10 heteroatoms. The smallest absolute Gasteiger partial charge is 0.359 e. The van der Waals surface area contributed by atoms with Gasteiger partial charge in [0.2, 0.25) is 5.60 Å². The van der Waals surface area contributed by atoms with Gasteiger partial charge in [0.25, 0.3) is 5.91 Å². The molecule has 3 heterocycles. The Morgan fingerprint density at radius 1 is 1.38 bits per heavy atom. The second-order valence-corrected chi connectivity index (χ2v) is 7.21. The number of benzene rings is 1. The minimum absolute atomic E-state index is 0.0786. The SMILES string of the molecule is CCOC(=O)c1nn(-c2cccc(C#CC3(O)CCN(C)C3=O)c2)c2nc(OC)ncc12. The standard InChI is InChI=1S/C22H21N5O5/c1-4-32-19(28)17-16-13-23-21(31-3)24-18(16)27(25-17)15-7-5-6-14(12-15)8-9-22(30)10-11-26(2)20(22)29/h5-7,12-13,30H,4,10-11H2,1-3H3. The highest BCUT2D eigenvalue weighted by Crippen LogP contribution is 2.24. The van der Waals surface area contributed by atoms with Crippen molar-refractivity contribution >= 4 is 22.9 Å². The summed E-state index contributed by atoms with van der Waals surface area (Å²) >= 11 is 0. The monoisotopic (exact) mass is 435 g/mol. The number of carbonyl (C=O) groups is 2. The Kier molecular flexibility index (Phi) is 5.50. The molecule has 1 atom stereocenters. The lowest BCUT2D eigenvalue weighted by Gasteiger charge is -2.13. The van der Waals surface area contributed by atoms with Crippen molar-refractivity contribution in [3.63, 3.8) is 0 Å². The van der Waals surface area contributed by atoms with E-state index in [0.717, 1.165) is 0 Å². The fourth-order valence-corrected chi connectivity index (χ4v) is 3.38. The van der Waals surface area contributed by atoms with Gasteiger partial charge < -0.3 is 19.5 Å². The lowest BCUT2D eigenvalue weighted by Crippen LogP contribution is -2.37. The molecule has 1 aliphatic heterocycles. The Labute approximate surface area is 183 Å². The van der Waals surface area contributed by atoms with Crippen LogP contribution in [-0.2, 0) is 9.53 Å². The summed E-state index contributed by atoms with van der Waals surface area (Å²) in [6, 6.07) is 7.11. The minimum atomic E-state index is -1.69. The summed E-state index contributed by atoms with van der Waals surface area (Å²) in [6.45, 7) is 2.35. The van der Waals surface area contributed by atoms with E-state index < -0.39 is 17.5 Å². The number of likely N-dealkylation sites (tertiary alicyclic amines) is 1. The van der Waals surface area contributed by atoms with E-state index in [4.69, 9.17) is 9.47 Å². The first-order valence-corrected chi connectivity index (χ1v) is 9.94. The van der Waals surface area contributed by atoms with Crippen molar-refractivity contribution in [3.05, 3.63) is 41.7 Å². The number of carbonyl (C=O) groups excluding carboxylic acids is 2. The summed E-state index contributed by atoms with van der Waals surface area (Å²) in [7, 11) is 3.07. The molecule has 1 saturated heterocycles. The number of methoxy groups -OCH3 is 1. The third-order valence-electron chi connectivity index (χ3n) is 5.07. The van der Waals surface area contributed by atoms with Crippen molar-refractivity contribution < 1.29 is 24.2 Å². The minimum Gasteiger partial charge on any atom is -0.467 e. The zero-order chi connectivity index (χ0) is 22.9.